The zero-order chi connectivity index (χ0) is 17.5. The van der Waals surface area contributed by atoms with E-state index in [4.69, 9.17) is 19.6 Å². The van der Waals surface area contributed by atoms with Crippen LogP contribution in [0.5, 0.6) is 17.2 Å². The van der Waals surface area contributed by atoms with E-state index in [-0.39, 0.29) is 11.3 Å². The van der Waals surface area contributed by atoms with E-state index in [0.717, 1.165) is 11.8 Å². The van der Waals surface area contributed by atoms with Crippen LogP contribution in [0.15, 0.2) is 35.1 Å². The number of furan rings is 1. The van der Waals surface area contributed by atoms with E-state index >= 15 is 0 Å². The van der Waals surface area contributed by atoms with E-state index in [1.165, 1.54) is 6.26 Å². The van der Waals surface area contributed by atoms with Gasteiger partial charge in [-0.2, -0.15) is 0 Å². The van der Waals surface area contributed by atoms with Crippen LogP contribution in [0.1, 0.15) is 15.9 Å². The number of amides is 2. The molecular weight excluding hydrogens is 316 g/mol. The number of rotatable bonds is 7. The maximum absolute atomic E-state index is 12.1. The predicted molar refractivity (Wildman–Crippen MR) is 84.5 cm³/mol. The normalized spacial score (nSPS) is 10.1. The van der Waals surface area contributed by atoms with Gasteiger partial charge in [0.1, 0.15) is 18.1 Å². The third-order valence-corrected chi connectivity index (χ3v) is 3.23. The smallest absolute Gasteiger partial charge is 0.410 e. The van der Waals surface area contributed by atoms with Gasteiger partial charge in [-0.15, -0.1) is 0 Å². The molecule has 0 aliphatic carbocycles. The van der Waals surface area contributed by atoms with Crippen molar-refractivity contribution < 1.29 is 28.2 Å². The van der Waals surface area contributed by atoms with Gasteiger partial charge in [0.05, 0.1) is 14.2 Å². The maximum atomic E-state index is 12.1. The van der Waals surface area contributed by atoms with Gasteiger partial charge >= 0.3 is 6.09 Å². The molecule has 3 N–H and O–H groups in total. The van der Waals surface area contributed by atoms with Crippen molar-refractivity contribution in [3.63, 3.8) is 0 Å². The molecular formula is C16H18N2O6. The van der Waals surface area contributed by atoms with Gasteiger partial charge in [-0.05, 0) is 24.1 Å². The van der Waals surface area contributed by atoms with Gasteiger partial charge in [-0.25, -0.2) is 4.79 Å². The topological polar surface area (TPSA) is 113 Å². The number of methoxy groups -OCH3 is 2. The van der Waals surface area contributed by atoms with Crippen LogP contribution in [-0.4, -0.2) is 32.8 Å². The van der Waals surface area contributed by atoms with Crippen LogP contribution in [0.3, 0.4) is 0 Å². The fourth-order valence-electron chi connectivity index (χ4n) is 2.09. The van der Waals surface area contributed by atoms with Gasteiger partial charge in [0.2, 0.25) is 0 Å². The van der Waals surface area contributed by atoms with Gasteiger partial charge in [-0.3, -0.25) is 4.79 Å². The number of carbonyl (C=O) groups excluding carboxylic acids is 2. The van der Waals surface area contributed by atoms with Crippen LogP contribution in [0, 0.1) is 0 Å². The molecule has 0 aliphatic heterocycles. The average molecular weight is 334 g/mol. The first-order chi connectivity index (χ1) is 11.5. The molecule has 0 saturated carbocycles. The van der Waals surface area contributed by atoms with Crippen LogP contribution in [0.4, 0.5) is 4.79 Å². The van der Waals surface area contributed by atoms with E-state index in [1.54, 1.807) is 20.3 Å². The third-order valence-electron chi connectivity index (χ3n) is 3.23. The van der Waals surface area contributed by atoms with Crippen molar-refractivity contribution in [1.29, 1.82) is 0 Å². The number of nitrogens with two attached hydrogens (primary N) is 1. The maximum Gasteiger partial charge on any atom is 0.410 e. The number of ether oxygens (including phenoxy) is 3. The van der Waals surface area contributed by atoms with Crippen LogP contribution in [0.25, 0.3) is 0 Å². The summed E-state index contributed by atoms with van der Waals surface area (Å²) in [5, 5.41) is 2.71. The molecule has 0 saturated heterocycles. The Balaban J connectivity index is 1.93. The van der Waals surface area contributed by atoms with Crippen LogP contribution in [0.2, 0.25) is 0 Å². The summed E-state index contributed by atoms with van der Waals surface area (Å²) in [5.41, 5.74) is 5.99. The zero-order valence-electron chi connectivity index (χ0n) is 13.3. The zero-order valence-corrected chi connectivity index (χ0v) is 13.3. The van der Waals surface area contributed by atoms with E-state index in [2.05, 4.69) is 10.1 Å². The molecule has 0 unspecified atom stereocenters. The van der Waals surface area contributed by atoms with E-state index in [0.29, 0.717) is 24.5 Å². The molecule has 1 heterocycles. The highest BCUT2D eigenvalue weighted by Gasteiger charge is 2.16. The fraction of sp³-hybridized carbons (Fsp3) is 0.250. The van der Waals surface area contributed by atoms with Crippen molar-refractivity contribution in [3.05, 3.63) is 41.9 Å². The number of benzene rings is 1. The van der Waals surface area contributed by atoms with Crippen LogP contribution < -0.4 is 25.3 Å². The lowest BCUT2D eigenvalue weighted by molar-refractivity contribution is 0.0951. The lowest BCUT2D eigenvalue weighted by atomic mass is 10.1. The molecule has 8 nitrogen and oxygen atoms in total. The Labute approximate surface area is 138 Å². The largest absolute Gasteiger partial charge is 0.493 e. The van der Waals surface area contributed by atoms with Gasteiger partial charge < -0.3 is 29.7 Å². The minimum atomic E-state index is -1.02. The third kappa shape index (κ3) is 4.19. The molecule has 0 radical (unpaired) electrons. The highest BCUT2D eigenvalue weighted by Crippen LogP contribution is 2.27. The fourth-order valence-corrected chi connectivity index (χ4v) is 2.09. The number of carbonyl (C=O) groups is 2. The Morgan fingerprint density at radius 3 is 2.54 bits per heavy atom. The second kappa shape index (κ2) is 7.91. The van der Waals surface area contributed by atoms with E-state index in [1.807, 2.05) is 12.1 Å². The summed E-state index contributed by atoms with van der Waals surface area (Å²) >= 11 is 0. The van der Waals surface area contributed by atoms with Crippen LogP contribution >= 0.6 is 0 Å². The molecule has 0 atom stereocenters. The number of hydrogen-bond acceptors (Lipinski definition) is 6. The minimum Gasteiger partial charge on any atom is -0.493 e. The highest BCUT2D eigenvalue weighted by molar-refractivity contribution is 5.97. The quantitative estimate of drug-likeness (QED) is 0.797. The monoisotopic (exact) mass is 334 g/mol. The van der Waals surface area contributed by atoms with Gasteiger partial charge in [0.15, 0.2) is 17.2 Å². The van der Waals surface area contributed by atoms with E-state index < -0.39 is 12.0 Å². The minimum absolute atomic E-state index is 0.0221. The molecule has 24 heavy (non-hydrogen) atoms. The first-order valence-electron chi connectivity index (χ1n) is 7.07. The number of primary amides is 1. The molecule has 0 fully saturated rings. The molecule has 0 spiro atoms. The summed E-state index contributed by atoms with van der Waals surface area (Å²) in [6.07, 6.45) is 1.88. The van der Waals surface area contributed by atoms with Crippen molar-refractivity contribution in [2.24, 2.45) is 5.73 Å². The Bertz CT molecular complexity index is 725. The van der Waals surface area contributed by atoms with Crippen molar-refractivity contribution in [2.75, 3.05) is 20.8 Å². The second-order valence-electron chi connectivity index (χ2n) is 4.77. The first kappa shape index (κ1) is 17.2. The summed E-state index contributed by atoms with van der Waals surface area (Å²) < 4.78 is 19.9. The van der Waals surface area contributed by atoms with E-state index in [9.17, 15) is 9.59 Å². The lowest BCUT2D eigenvalue weighted by Gasteiger charge is -2.10. The molecule has 1 aromatic carbocycles. The Hall–Kier alpha value is -3.16. The van der Waals surface area contributed by atoms with Crippen molar-refractivity contribution in [3.8, 4) is 17.2 Å². The van der Waals surface area contributed by atoms with Gasteiger partial charge in [-0.1, -0.05) is 6.07 Å². The first-order valence-corrected chi connectivity index (χ1v) is 7.07. The molecule has 2 rings (SSSR count). The Morgan fingerprint density at radius 1 is 1.12 bits per heavy atom. The van der Waals surface area contributed by atoms with Gasteiger partial charge in [0.25, 0.3) is 5.91 Å². The van der Waals surface area contributed by atoms with Crippen molar-refractivity contribution in [2.45, 2.75) is 6.42 Å². The molecule has 128 valence electrons. The summed E-state index contributed by atoms with van der Waals surface area (Å²) in [6.45, 7) is 0.371. The highest BCUT2D eigenvalue weighted by atomic mass is 16.6. The average Bonchev–Trinajstić information content (AvgIpc) is 3.02. The van der Waals surface area contributed by atoms with Crippen molar-refractivity contribution in [1.82, 2.24) is 5.32 Å². The summed E-state index contributed by atoms with van der Waals surface area (Å²) in [5.74, 6) is 0.803. The molecule has 2 aromatic rings. The molecule has 8 heteroatoms. The standard InChI is InChI=1S/C16H18N2O6/c1-21-12-4-3-10(7-13(12)22-2)5-6-18-15(19)11-8-23-9-14(11)24-16(17)20/h3-4,7-9H,5-6H2,1-2H3,(H2,17,20)(H,18,19). The van der Waals surface area contributed by atoms with Crippen LogP contribution in [-0.2, 0) is 6.42 Å². The lowest BCUT2D eigenvalue weighted by Crippen LogP contribution is -2.26. The Kier molecular flexibility index (Phi) is 5.67. The summed E-state index contributed by atoms with van der Waals surface area (Å²) in [4.78, 5) is 22.8. The molecule has 2 amide bonds. The SMILES string of the molecule is COc1ccc(CCNC(=O)c2cocc2OC(N)=O)cc1OC. The van der Waals surface area contributed by atoms with Gasteiger partial charge in [0, 0.05) is 6.54 Å². The summed E-state index contributed by atoms with van der Waals surface area (Å²) in [7, 11) is 3.12. The number of nitrogens with one attached hydrogen (secondary N) is 1. The summed E-state index contributed by atoms with van der Waals surface area (Å²) in [6, 6.07) is 5.52. The number of hydrogen-bond donors (Lipinski definition) is 2. The second-order valence-corrected chi connectivity index (χ2v) is 4.77. The van der Waals surface area contributed by atoms with Crippen molar-refractivity contribution >= 4 is 12.0 Å². The Morgan fingerprint density at radius 2 is 1.88 bits per heavy atom. The molecule has 1 aromatic heterocycles. The molecule has 0 aliphatic rings. The predicted octanol–water partition coefficient (Wildman–Crippen LogP) is 1.73. The molecule has 0 bridgehead atoms.